The van der Waals surface area contributed by atoms with Crippen molar-refractivity contribution in [3.63, 3.8) is 0 Å². The molecule has 0 aliphatic heterocycles. The SMILES string of the molecule is Cc1csc(=O)n1CCNC(C)(C)C. The Bertz CT molecular complexity index is 346. The first-order valence-corrected chi connectivity index (χ1v) is 5.68. The van der Waals surface area contributed by atoms with Crippen LogP contribution in [0.5, 0.6) is 0 Å². The second kappa shape index (κ2) is 4.28. The lowest BCUT2D eigenvalue weighted by molar-refractivity contribution is 0.410. The fourth-order valence-corrected chi connectivity index (χ4v) is 1.98. The van der Waals surface area contributed by atoms with E-state index in [-0.39, 0.29) is 10.4 Å². The number of hydrogen-bond donors (Lipinski definition) is 1. The Labute approximate surface area is 88.8 Å². The van der Waals surface area contributed by atoms with Crippen molar-refractivity contribution in [1.29, 1.82) is 0 Å². The third-order valence-electron chi connectivity index (χ3n) is 1.97. The number of aromatic nitrogens is 1. The molecule has 0 fully saturated rings. The Morgan fingerprint density at radius 1 is 1.50 bits per heavy atom. The molecule has 1 aromatic heterocycles. The molecule has 0 bridgehead atoms. The van der Waals surface area contributed by atoms with Crippen molar-refractivity contribution in [1.82, 2.24) is 9.88 Å². The van der Waals surface area contributed by atoms with Crippen LogP contribution in [0.3, 0.4) is 0 Å². The van der Waals surface area contributed by atoms with Gasteiger partial charge in [0.1, 0.15) is 0 Å². The van der Waals surface area contributed by atoms with E-state index in [1.807, 2.05) is 16.9 Å². The van der Waals surface area contributed by atoms with E-state index in [1.54, 1.807) is 0 Å². The van der Waals surface area contributed by atoms with Crippen LogP contribution in [-0.2, 0) is 6.54 Å². The molecule has 0 unspecified atom stereocenters. The number of nitrogens with zero attached hydrogens (tertiary/aromatic N) is 1. The van der Waals surface area contributed by atoms with Gasteiger partial charge in [-0.1, -0.05) is 11.3 Å². The summed E-state index contributed by atoms with van der Waals surface area (Å²) in [7, 11) is 0. The maximum absolute atomic E-state index is 11.3. The van der Waals surface area contributed by atoms with Crippen LogP contribution in [0.25, 0.3) is 0 Å². The summed E-state index contributed by atoms with van der Waals surface area (Å²) in [6.45, 7) is 9.92. The van der Waals surface area contributed by atoms with Crippen LogP contribution in [0.4, 0.5) is 0 Å². The van der Waals surface area contributed by atoms with Crippen LogP contribution in [0.2, 0.25) is 0 Å². The molecule has 0 amide bonds. The molecule has 1 aromatic rings. The molecule has 1 heterocycles. The first kappa shape index (κ1) is 11.5. The first-order chi connectivity index (χ1) is 6.40. The van der Waals surface area contributed by atoms with Gasteiger partial charge in [-0.15, -0.1) is 0 Å². The van der Waals surface area contributed by atoms with E-state index in [0.717, 1.165) is 18.8 Å². The van der Waals surface area contributed by atoms with Crippen molar-refractivity contribution in [2.75, 3.05) is 6.54 Å². The highest BCUT2D eigenvalue weighted by atomic mass is 32.1. The van der Waals surface area contributed by atoms with Crippen LogP contribution in [0, 0.1) is 6.92 Å². The van der Waals surface area contributed by atoms with Crippen molar-refractivity contribution in [3.8, 4) is 0 Å². The molecule has 0 aliphatic carbocycles. The first-order valence-electron chi connectivity index (χ1n) is 4.80. The maximum Gasteiger partial charge on any atom is 0.307 e. The van der Waals surface area contributed by atoms with Crippen LogP contribution in [0.1, 0.15) is 26.5 Å². The van der Waals surface area contributed by atoms with Gasteiger partial charge in [0.05, 0.1) is 0 Å². The Morgan fingerprint density at radius 3 is 2.57 bits per heavy atom. The lowest BCUT2D eigenvalue weighted by Crippen LogP contribution is -2.38. The minimum atomic E-state index is 0.119. The van der Waals surface area contributed by atoms with E-state index >= 15 is 0 Å². The van der Waals surface area contributed by atoms with Crippen molar-refractivity contribution in [3.05, 3.63) is 20.7 Å². The van der Waals surface area contributed by atoms with E-state index in [0.29, 0.717) is 0 Å². The Hall–Kier alpha value is -0.610. The molecule has 0 radical (unpaired) electrons. The van der Waals surface area contributed by atoms with Gasteiger partial charge in [-0.2, -0.15) is 0 Å². The predicted octanol–water partition coefficient (Wildman–Crippen LogP) is 1.61. The highest BCUT2D eigenvalue weighted by molar-refractivity contribution is 7.07. The van der Waals surface area contributed by atoms with Gasteiger partial charge in [-0.25, -0.2) is 0 Å². The number of aryl methyl sites for hydroxylation is 1. The summed E-state index contributed by atoms with van der Waals surface area (Å²) < 4.78 is 1.81. The summed E-state index contributed by atoms with van der Waals surface area (Å²) >= 11 is 1.27. The molecule has 0 aromatic carbocycles. The minimum absolute atomic E-state index is 0.119. The highest BCUT2D eigenvalue weighted by Gasteiger charge is 2.08. The third-order valence-corrected chi connectivity index (χ3v) is 2.85. The van der Waals surface area contributed by atoms with Gasteiger partial charge in [0.25, 0.3) is 0 Å². The van der Waals surface area contributed by atoms with Crippen LogP contribution >= 0.6 is 11.3 Å². The monoisotopic (exact) mass is 214 g/mol. The fourth-order valence-electron chi connectivity index (χ4n) is 1.22. The van der Waals surface area contributed by atoms with Gasteiger partial charge >= 0.3 is 4.87 Å². The van der Waals surface area contributed by atoms with E-state index in [9.17, 15) is 4.79 Å². The molecule has 0 saturated heterocycles. The second-order valence-electron chi connectivity index (χ2n) is 4.47. The third kappa shape index (κ3) is 3.27. The number of thiazole rings is 1. The zero-order valence-electron chi connectivity index (χ0n) is 9.26. The fraction of sp³-hybridized carbons (Fsp3) is 0.700. The van der Waals surface area contributed by atoms with Crippen molar-refractivity contribution >= 4 is 11.3 Å². The zero-order chi connectivity index (χ0) is 10.8. The highest BCUT2D eigenvalue weighted by Crippen LogP contribution is 2.00. The lowest BCUT2D eigenvalue weighted by Gasteiger charge is -2.20. The predicted molar refractivity (Wildman–Crippen MR) is 61.1 cm³/mol. The molecular weight excluding hydrogens is 196 g/mol. The molecule has 0 atom stereocenters. The number of hydrogen-bond acceptors (Lipinski definition) is 3. The molecule has 0 aliphatic rings. The summed E-state index contributed by atoms with van der Waals surface area (Å²) in [5.41, 5.74) is 1.17. The molecule has 14 heavy (non-hydrogen) atoms. The van der Waals surface area contributed by atoms with Gasteiger partial charge in [-0.05, 0) is 27.7 Å². The molecule has 1 N–H and O–H groups in total. The van der Waals surface area contributed by atoms with E-state index in [4.69, 9.17) is 0 Å². The summed E-state index contributed by atoms with van der Waals surface area (Å²) in [5, 5.41) is 5.26. The number of nitrogens with one attached hydrogen (secondary N) is 1. The summed E-state index contributed by atoms with van der Waals surface area (Å²) in [5.74, 6) is 0. The van der Waals surface area contributed by atoms with Crippen LogP contribution < -0.4 is 10.2 Å². The topological polar surface area (TPSA) is 34.0 Å². The van der Waals surface area contributed by atoms with Crippen molar-refractivity contribution in [2.24, 2.45) is 0 Å². The lowest BCUT2D eigenvalue weighted by atomic mass is 10.1. The Morgan fingerprint density at radius 2 is 2.14 bits per heavy atom. The smallest absolute Gasteiger partial charge is 0.307 e. The summed E-state index contributed by atoms with van der Waals surface area (Å²) in [6, 6.07) is 0. The molecule has 0 saturated carbocycles. The summed E-state index contributed by atoms with van der Waals surface area (Å²) in [6.07, 6.45) is 0. The minimum Gasteiger partial charge on any atom is -0.310 e. The maximum atomic E-state index is 11.3. The quantitative estimate of drug-likeness (QED) is 0.829. The van der Waals surface area contributed by atoms with Crippen molar-refractivity contribution < 1.29 is 0 Å². The van der Waals surface area contributed by atoms with Gasteiger partial charge in [0.15, 0.2) is 0 Å². The normalized spacial score (nSPS) is 12.0. The molecule has 1 rings (SSSR count). The molecule has 80 valence electrons. The standard InChI is InChI=1S/C10H18N2OS/c1-8-7-14-9(13)12(8)6-5-11-10(2,3)4/h7,11H,5-6H2,1-4H3. The zero-order valence-corrected chi connectivity index (χ0v) is 10.1. The molecule has 3 nitrogen and oxygen atoms in total. The van der Waals surface area contributed by atoms with Gasteiger partial charge < -0.3 is 9.88 Å². The van der Waals surface area contributed by atoms with E-state index in [2.05, 4.69) is 26.1 Å². The van der Waals surface area contributed by atoms with Crippen LogP contribution in [-0.4, -0.2) is 16.7 Å². The van der Waals surface area contributed by atoms with E-state index < -0.39 is 0 Å². The van der Waals surface area contributed by atoms with Gasteiger partial charge in [0.2, 0.25) is 0 Å². The summed E-state index contributed by atoms with van der Waals surface area (Å²) in [4.78, 5) is 11.5. The number of rotatable bonds is 3. The van der Waals surface area contributed by atoms with E-state index in [1.165, 1.54) is 11.3 Å². The molecule has 4 heteroatoms. The average Bonchev–Trinajstić information content (AvgIpc) is 2.33. The van der Waals surface area contributed by atoms with Gasteiger partial charge in [0, 0.05) is 29.7 Å². The largest absolute Gasteiger partial charge is 0.310 e. The van der Waals surface area contributed by atoms with Gasteiger partial charge in [-0.3, -0.25) is 4.79 Å². The molecular formula is C10H18N2OS. The van der Waals surface area contributed by atoms with Crippen molar-refractivity contribution in [2.45, 2.75) is 39.8 Å². The Balaban J connectivity index is 2.51. The average molecular weight is 214 g/mol. The van der Waals surface area contributed by atoms with Crippen LogP contribution in [0.15, 0.2) is 10.2 Å². The molecule has 0 spiro atoms. The second-order valence-corrected chi connectivity index (χ2v) is 5.29. The Kier molecular flexibility index (Phi) is 3.50.